The van der Waals surface area contributed by atoms with Crippen molar-refractivity contribution in [2.45, 2.75) is 5.09 Å². The molecule has 0 spiro atoms. The summed E-state index contributed by atoms with van der Waals surface area (Å²) in [6, 6.07) is 9.15. The van der Waals surface area contributed by atoms with Crippen LogP contribution in [-0.2, 0) is 10.0 Å². The number of furan rings is 1. The van der Waals surface area contributed by atoms with Gasteiger partial charge in [-0.1, -0.05) is 23.7 Å². The Kier molecular flexibility index (Phi) is 4.12. The lowest BCUT2D eigenvalue weighted by molar-refractivity contribution is 0.0991. The molecule has 0 saturated carbocycles. The van der Waals surface area contributed by atoms with Gasteiger partial charge in [-0.25, -0.2) is 13.1 Å². The number of sulfonamides is 1. The zero-order chi connectivity index (χ0) is 14.8. The second-order valence-corrected chi connectivity index (χ2v) is 5.98. The fourth-order valence-corrected chi connectivity index (χ4v) is 2.26. The van der Waals surface area contributed by atoms with Crippen LogP contribution in [0.4, 0.5) is 5.69 Å². The molecule has 1 aromatic carbocycles. The number of para-hydroxylation sites is 1. The second kappa shape index (κ2) is 5.66. The smallest absolute Gasteiger partial charge is 0.291 e. The van der Waals surface area contributed by atoms with E-state index < -0.39 is 15.9 Å². The van der Waals surface area contributed by atoms with E-state index in [4.69, 9.17) is 16.0 Å². The van der Waals surface area contributed by atoms with Crippen molar-refractivity contribution >= 4 is 33.2 Å². The van der Waals surface area contributed by atoms with Crippen molar-refractivity contribution in [2.24, 2.45) is 0 Å². The van der Waals surface area contributed by atoms with Crippen LogP contribution < -0.4 is 10.0 Å². The van der Waals surface area contributed by atoms with Crippen LogP contribution in [0.1, 0.15) is 10.6 Å². The van der Waals surface area contributed by atoms with Gasteiger partial charge in [0.05, 0.1) is 10.7 Å². The molecule has 1 heterocycles. The Balaban J connectivity index is 2.21. The lowest BCUT2D eigenvalue weighted by atomic mass is 10.3. The first-order valence-corrected chi connectivity index (χ1v) is 7.39. The van der Waals surface area contributed by atoms with Gasteiger partial charge in [-0.2, -0.15) is 0 Å². The van der Waals surface area contributed by atoms with Crippen LogP contribution >= 0.6 is 11.6 Å². The minimum absolute atomic E-state index is 0.126. The highest BCUT2D eigenvalue weighted by Gasteiger charge is 2.19. The maximum atomic E-state index is 11.9. The minimum Gasteiger partial charge on any atom is -0.438 e. The number of nitrogens with one attached hydrogen (secondary N) is 2. The van der Waals surface area contributed by atoms with Crippen LogP contribution in [0.5, 0.6) is 0 Å². The normalized spacial score (nSPS) is 11.3. The van der Waals surface area contributed by atoms with E-state index in [9.17, 15) is 13.2 Å². The van der Waals surface area contributed by atoms with E-state index in [1.54, 1.807) is 24.3 Å². The molecule has 8 heteroatoms. The molecule has 20 heavy (non-hydrogen) atoms. The third-order valence-corrected chi connectivity index (χ3v) is 4.08. The Bertz CT molecular complexity index is 739. The van der Waals surface area contributed by atoms with Crippen molar-refractivity contribution in [1.82, 2.24) is 4.72 Å². The molecule has 1 amide bonds. The highest BCUT2D eigenvalue weighted by molar-refractivity contribution is 7.89. The molecule has 1 aromatic heterocycles. The summed E-state index contributed by atoms with van der Waals surface area (Å²) in [5.41, 5.74) is 0.411. The molecule has 0 fully saturated rings. The number of hydrogen-bond donors (Lipinski definition) is 2. The van der Waals surface area contributed by atoms with Gasteiger partial charge in [0.25, 0.3) is 15.9 Å². The quantitative estimate of drug-likeness (QED) is 0.904. The number of halogens is 1. The Morgan fingerprint density at radius 3 is 2.55 bits per heavy atom. The summed E-state index contributed by atoms with van der Waals surface area (Å²) in [6.07, 6.45) is 0. The summed E-state index contributed by atoms with van der Waals surface area (Å²) >= 11 is 5.90. The molecular weight excluding hydrogens is 304 g/mol. The third-order valence-electron chi connectivity index (χ3n) is 2.46. The Morgan fingerprint density at radius 2 is 1.90 bits per heavy atom. The highest BCUT2D eigenvalue weighted by Crippen LogP contribution is 2.22. The average Bonchev–Trinajstić information content (AvgIpc) is 2.92. The molecule has 106 valence electrons. The predicted octanol–water partition coefficient (Wildman–Crippen LogP) is 2.09. The maximum Gasteiger partial charge on any atom is 0.291 e. The van der Waals surface area contributed by atoms with Crippen molar-refractivity contribution < 1.29 is 17.6 Å². The molecular formula is C12H11ClN2O4S. The molecule has 6 nitrogen and oxygen atoms in total. The van der Waals surface area contributed by atoms with Gasteiger partial charge < -0.3 is 9.73 Å². The van der Waals surface area contributed by atoms with Crippen molar-refractivity contribution in [3.05, 3.63) is 47.2 Å². The van der Waals surface area contributed by atoms with Crippen LogP contribution in [-0.4, -0.2) is 21.4 Å². The Morgan fingerprint density at radius 1 is 1.20 bits per heavy atom. The number of carbonyl (C=O) groups excluding carboxylic acids is 1. The monoisotopic (exact) mass is 314 g/mol. The van der Waals surface area contributed by atoms with E-state index in [0.717, 1.165) is 0 Å². The maximum absolute atomic E-state index is 11.9. The minimum atomic E-state index is -3.71. The summed E-state index contributed by atoms with van der Waals surface area (Å²) in [6.45, 7) is 0. The summed E-state index contributed by atoms with van der Waals surface area (Å²) in [5.74, 6) is -0.714. The van der Waals surface area contributed by atoms with Crippen LogP contribution in [0.15, 0.2) is 45.9 Å². The third kappa shape index (κ3) is 3.01. The molecule has 2 N–H and O–H groups in total. The SMILES string of the molecule is CNS(=O)(=O)c1ccc(C(=O)Nc2ccccc2Cl)o1. The van der Waals surface area contributed by atoms with E-state index >= 15 is 0 Å². The first-order chi connectivity index (χ1) is 9.44. The lowest BCUT2D eigenvalue weighted by Crippen LogP contribution is -2.18. The number of carbonyl (C=O) groups is 1. The van der Waals surface area contributed by atoms with Gasteiger partial charge >= 0.3 is 0 Å². The number of hydrogen-bond acceptors (Lipinski definition) is 4. The van der Waals surface area contributed by atoms with Gasteiger partial charge in [0, 0.05) is 0 Å². The summed E-state index contributed by atoms with van der Waals surface area (Å²) in [4.78, 5) is 11.9. The second-order valence-electron chi connectivity index (χ2n) is 3.76. The molecule has 0 unspecified atom stereocenters. The fraction of sp³-hybridized carbons (Fsp3) is 0.0833. The van der Waals surface area contributed by atoms with Crippen molar-refractivity contribution in [1.29, 1.82) is 0 Å². The zero-order valence-corrected chi connectivity index (χ0v) is 12.0. The number of amides is 1. The Hall–Kier alpha value is -1.83. The first-order valence-electron chi connectivity index (χ1n) is 5.53. The predicted molar refractivity (Wildman–Crippen MR) is 74.4 cm³/mol. The topological polar surface area (TPSA) is 88.4 Å². The van der Waals surface area contributed by atoms with E-state index in [0.29, 0.717) is 10.7 Å². The van der Waals surface area contributed by atoms with Crippen LogP contribution in [0.25, 0.3) is 0 Å². The first kappa shape index (κ1) is 14.6. The molecule has 0 atom stereocenters. The molecule has 2 aromatic rings. The van der Waals surface area contributed by atoms with Gasteiger partial charge in [0.15, 0.2) is 5.76 Å². The fourth-order valence-electron chi connectivity index (χ4n) is 1.43. The molecule has 2 rings (SSSR count). The van der Waals surface area contributed by atoms with Gasteiger partial charge in [0.2, 0.25) is 5.09 Å². The van der Waals surface area contributed by atoms with E-state index in [1.165, 1.54) is 19.2 Å². The van der Waals surface area contributed by atoms with Gasteiger partial charge in [0.1, 0.15) is 0 Å². The van der Waals surface area contributed by atoms with E-state index in [-0.39, 0.29) is 10.9 Å². The van der Waals surface area contributed by atoms with Crippen molar-refractivity contribution in [3.63, 3.8) is 0 Å². The Labute approximate surface area is 120 Å². The van der Waals surface area contributed by atoms with Gasteiger partial charge in [-0.3, -0.25) is 4.79 Å². The van der Waals surface area contributed by atoms with Gasteiger partial charge in [-0.05, 0) is 31.3 Å². The van der Waals surface area contributed by atoms with Crippen molar-refractivity contribution in [2.75, 3.05) is 12.4 Å². The largest absolute Gasteiger partial charge is 0.438 e. The van der Waals surface area contributed by atoms with E-state index in [2.05, 4.69) is 10.0 Å². The highest BCUT2D eigenvalue weighted by atomic mass is 35.5. The van der Waals surface area contributed by atoms with Gasteiger partial charge in [-0.15, -0.1) is 0 Å². The summed E-state index contributed by atoms with van der Waals surface area (Å²) < 4.78 is 30.1. The number of rotatable bonds is 4. The lowest BCUT2D eigenvalue weighted by Gasteiger charge is -2.04. The molecule has 0 aliphatic carbocycles. The number of anilines is 1. The molecule has 0 aliphatic rings. The zero-order valence-electron chi connectivity index (χ0n) is 10.4. The van der Waals surface area contributed by atoms with Crippen molar-refractivity contribution in [3.8, 4) is 0 Å². The standard InChI is InChI=1S/C12H11ClN2O4S/c1-14-20(17,18)11-7-6-10(19-11)12(16)15-9-5-3-2-4-8(9)13/h2-7,14H,1H3,(H,15,16). The van der Waals surface area contributed by atoms with Crippen LogP contribution in [0.2, 0.25) is 5.02 Å². The molecule has 0 radical (unpaired) electrons. The summed E-state index contributed by atoms with van der Waals surface area (Å²) in [5, 5.41) is 2.57. The molecule has 0 bridgehead atoms. The van der Waals surface area contributed by atoms with E-state index in [1.807, 2.05) is 0 Å². The summed E-state index contributed by atoms with van der Waals surface area (Å²) in [7, 11) is -2.46. The number of benzene rings is 1. The average molecular weight is 315 g/mol. The molecule has 0 aliphatic heterocycles. The van der Waals surface area contributed by atoms with Crippen LogP contribution in [0, 0.1) is 0 Å². The van der Waals surface area contributed by atoms with Crippen LogP contribution in [0.3, 0.4) is 0 Å². The molecule has 0 saturated heterocycles.